The third-order valence-electron chi connectivity index (χ3n) is 6.67. The summed E-state index contributed by atoms with van der Waals surface area (Å²) in [6, 6.07) is 6.48. The van der Waals surface area contributed by atoms with Crippen LogP contribution in [-0.4, -0.2) is 35.5 Å². The van der Waals surface area contributed by atoms with Gasteiger partial charge in [0, 0.05) is 35.4 Å². The smallest absolute Gasteiger partial charge is 0.271 e. The van der Waals surface area contributed by atoms with E-state index in [1.807, 2.05) is 4.90 Å². The number of fused-ring (bicyclic) bond motifs is 1. The topological polar surface area (TPSA) is 42.4 Å². The van der Waals surface area contributed by atoms with Gasteiger partial charge in [0.15, 0.2) is 0 Å². The summed E-state index contributed by atoms with van der Waals surface area (Å²) in [5.74, 6) is -1.92. The van der Waals surface area contributed by atoms with Crippen LogP contribution in [0.1, 0.15) is 49.3 Å². The predicted molar refractivity (Wildman–Crippen MR) is 107 cm³/mol. The van der Waals surface area contributed by atoms with Crippen LogP contribution in [-0.2, 0) is 15.5 Å². The van der Waals surface area contributed by atoms with Crippen LogP contribution in [0.15, 0.2) is 29.6 Å². The Hall–Kier alpha value is -1.86. The number of hydrogen-bond acceptors (Lipinski definition) is 4. The number of carbonyl (C=O) groups is 1. The van der Waals surface area contributed by atoms with Crippen LogP contribution in [0.2, 0.25) is 0 Å². The fourth-order valence-electron chi connectivity index (χ4n) is 5.18. The standard InChI is InChI=1S/C22H24F2N2O2S/c1-21(23,24)16-5-3-2-4-15(16)17-13-29-19(25-17)18-12-26(8-9-28-18)20(27)22-7-6-14(10-22)11-22/h2-5,13-14,18H,6-12H2,1H3. The van der Waals surface area contributed by atoms with Gasteiger partial charge in [-0.1, -0.05) is 24.3 Å². The average Bonchev–Trinajstić information content (AvgIpc) is 3.42. The predicted octanol–water partition coefficient (Wildman–Crippen LogP) is 5.01. The van der Waals surface area contributed by atoms with Crippen LogP contribution in [0.5, 0.6) is 0 Å². The minimum atomic E-state index is -2.94. The normalized spacial score (nSPS) is 29.0. The fourth-order valence-corrected chi connectivity index (χ4v) is 6.04. The van der Waals surface area contributed by atoms with Crippen molar-refractivity contribution in [1.82, 2.24) is 9.88 Å². The number of rotatable bonds is 4. The van der Waals surface area contributed by atoms with Crippen molar-refractivity contribution >= 4 is 17.2 Å². The Balaban J connectivity index is 1.35. The van der Waals surface area contributed by atoms with Crippen LogP contribution in [0.4, 0.5) is 8.78 Å². The first-order chi connectivity index (χ1) is 13.9. The highest BCUT2D eigenvalue weighted by Gasteiger charge is 2.56. The highest BCUT2D eigenvalue weighted by Crippen LogP contribution is 2.59. The van der Waals surface area contributed by atoms with Gasteiger partial charge in [0.25, 0.3) is 5.92 Å². The maximum absolute atomic E-state index is 14.0. The number of hydrogen-bond donors (Lipinski definition) is 0. The van der Waals surface area contributed by atoms with E-state index in [1.54, 1.807) is 23.6 Å². The average molecular weight is 419 g/mol. The summed E-state index contributed by atoms with van der Waals surface area (Å²) in [7, 11) is 0. The molecule has 1 aliphatic heterocycles. The molecule has 0 radical (unpaired) electrons. The molecule has 6 rings (SSSR count). The second-order valence-corrected chi connectivity index (χ2v) is 9.60. The van der Waals surface area contributed by atoms with Crippen molar-refractivity contribution in [3.05, 3.63) is 40.2 Å². The molecule has 3 aliphatic carbocycles. The monoisotopic (exact) mass is 418 g/mol. The summed E-state index contributed by atoms with van der Waals surface area (Å²) in [5, 5.41) is 2.54. The molecule has 2 heterocycles. The molecule has 1 atom stereocenters. The second kappa shape index (κ2) is 6.84. The van der Waals surface area contributed by atoms with Gasteiger partial charge < -0.3 is 9.64 Å². The maximum atomic E-state index is 14.0. The number of benzene rings is 1. The summed E-state index contributed by atoms with van der Waals surface area (Å²) < 4.78 is 33.9. The molecule has 4 aliphatic rings. The van der Waals surface area contributed by atoms with Crippen molar-refractivity contribution in [2.45, 2.75) is 44.6 Å². The molecule has 1 saturated heterocycles. The molecule has 29 heavy (non-hydrogen) atoms. The molecule has 2 bridgehead atoms. The van der Waals surface area contributed by atoms with Crippen LogP contribution in [0, 0.1) is 11.3 Å². The van der Waals surface area contributed by atoms with Crippen molar-refractivity contribution in [3.63, 3.8) is 0 Å². The lowest BCUT2D eigenvalue weighted by Crippen LogP contribution is -2.51. The third-order valence-corrected chi connectivity index (χ3v) is 7.61. The Morgan fingerprint density at radius 1 is 1.34 bits per heavy atom. The van der Waals surface area contributed by atoms with E-state index in [0.717, 1.165) is 37.1 Å². The zero-order valence-electron chi connectivity index (χ0n) is 16.4. The lowest BCUT2D eigenvalue weighted by Gasteiger charge is -2.43. The summed E-state index contributed by atoms with van der Waals surface area (Å²) in [6.07, 6.45) is 3.97. The van der Waals surface area contributed by atoms with E-state index >= 15 is 0 Å². The Morgan fingerprint density at radius 2 is 2.14 bits per heavy atom. The van der Waals surface area contributed by atoms with E-state index in [-0.39, 0.29) is 23.0 Å². The van der Waals surface area contributed by atoms with Gasteiger partial charge in [0.2, 0.25) is 5.91 Å². The molecule has 4 nitrogen and oxygen atoms in total. The summed E-state index contributed by atoms with van der Waals surface area (Å²) in [4.78, 5) is 19.6. The Bertz CT molecular complexity index is 927. The molecular formula is C22H24F2N2O2S. The van der Waals surface area contributed by atoms with Gasteiger partial charge in [-0.05, 0) is 31.6 Å². The zero-order valence-corrected chi connectivity index (χ0v) is 17.2. The lowest BCUT2D eigenvalue weighted by molar-refractivity contribution is -0.154. The van der Waals surface area contributed by atoms with Gasteiger partial charge in [0.05, 0.1) is 18.8 Å². The molecule has 0 N–H and O–H groups in total. The number of alkyl halides is 2. The molecule has 1 amide bonds. The first kappa shape index (κ1) is 19.1. The van der Waals surface area contributed by atoms with Gasteiger partial charge in [-0.25, -0.2) is 13.8 Å². The number of ether oxygens (including phenoxy) is 1. The van der Waals surface area contributed by atoms with E-state index < -0.39 is 5.92 Å². The van der Waals surface area contributed by atoms with Gasteiger partial charge in [-0.15, -0.1) is 11.3 Å². The van der Waals surface area contributed by atoms with E-state index in [9.17, 15) is 13.6 Å². The first-order valence-electron chi connectivity index (χ1n) is 10.2. The number of thiazole rings is 1. The Labute approximate surface area is 172 Å². The van der Waals surface area contributed by atoms with Gasteiger partial charge >= 0.3 is 0 Å². The van der Waals surface area contributed by atoms with Gasteiger partial charge in [-0.2, -0.15) is 0 Å². The first-order valence-corrected chi connectivity index (χ1v) is 11.1. The van der Waals surface area contributed by atoms with Gasteiger partial charge in [0.1, 0.15) is 11.1 Å². The molecule has 2 aromatic rings. The van der Waals surface area contributed by atoms with Crippen LogP contribution in [0.3, 0.4) is 0 Å². The molecular weight excluding hydrogens is 394 g/mol. The largest absolute Gasteiger partial charge is 0.367 e. The number of carbonyl (C=O) groups excluding carboxylic acids is 1. The number of nitrogens with zero attached hydrogens (tertiary/aromatic N) is 2. The van der Waals surface area contributed by atoms with E-state index in [2.05, 4.69) is 4.98 Å². The molecule has 7 heteroatoms. The van der Waals surface area contributed by atoms with Crippen molar-refractivity contribution in [2.24, 2.45) is 11.3 Å². The number of halogens is 2. The zero-order chi connectivity index (χ0) is 20.2. The van der Waals surface area contributed by atoms with E-state index in [0.29, 0.717) is 31.0 Å². The van der Waals surface area contributed by atoms with Crippen molar-refractivity contribution in [3.8, 4) is 11.3 Å². The summed E-state index contributed by atoms with van der Waals surface area (Å²) in [5.41, 5.74) is 0.826. The minimum Gasteiger partial charge on any atom is -0.367 e. The second-order valence-electron chi connectivity index (χ2n) is 8.71. The van der Waals surface area contributed by atoms with Crippen molar-refractivity contribution < 1.29 is 18.3 Å². The quantitative estimate of drug-likeness (QED) is 0.701. The number of amides is 1. The molecule has 1 unspecified atom stereocenters. The van der Waals surface area contributed by atoms with Gasteiger partial charge in [-0.3, -0.25) is 4.79 Å². The van der Waals surface area contributed by atoms with Crippen molar-refractivity contribution in [2.75, 3.05) is 19.7 Å². The third kappa shape index (κ3) is 3.28. The van der Waals surface area contributed by atoms with Crippen molar-refractivity contribution in [1.29, 1.82) is 0 Å². The summed E-state index contributed by atoms with van der Waals surface area (Å²) in [6.45, 7) is 2.49. The molecule has 1 aromatic heterocycles. The van der Waals surface area contributed by atoms with Crippen LogP contribution < -0.4 is 0 Å². The highest BCUT2D eigenvalue weighted by atomic mass is 32.1. The molecule has 1 aromatic carbocycles. The lowest BCUT2D eigenvalue weighted by atomic mass is 9.68. The fraction of sp³-hybridized carbons (Fsp3) is 0.545. The van der Waals surface area contributed by atoms with Crippen LogP contribution >= 0.6 is 11.3 Å². The summed E-state index contributed by atoms with van der Waals surface area (Å²) >= 11 is 1.41. The molecule has 4 fully saturated rings. The van der Waals surface area contributed by atoms with E-state index in [1.165, 1.54) is 23.8 Å². The number of aromatic nitrogens is 1. The van der Waals surface area contributed by atoms with E-state index in [4.69, 9.17) is 4.74 Å². The van der Waals surface area contributed by atoms with Crippen LogP contribution in [0.25, 0.3) is 11.3 Å². The molecule has 0 spiro atoms. The highest BCUT2D eigenvalue weighted by molar-refractivity contribution is 7.10. The number of morpholine rings is 1. The SMILES string of the molecule is CC(F)(F)c1ccccc1-c1csc(C2CN(C(=O)C34CCC(C3)C4)CCO2)n1. The molecule has 3 saturated carbocycles. The molecule has 154 valence electrons. The minimum absolute atomic E-state index is 0.0295. The Morgan fingerprint density at radius 3 is 2.86 bits per heavy atom. The Kier molecular flexibility index (Phi) is 4.51. The maximum Gasteiger partial charge on any atom is 0.271 e.